The zero-order chi connectivity index (χ0) is 13.6. The normalized spacial score (nSPS) is 21.2. The van der Waals surface area contributed by atoms with Crippen LogP contribution in [0.1, 0.15) is 29.9 Å². The van der Waals surface area contributed by atoms with Crippen LogP contribution in [-0.2, 0) is 10.3 Å². The smallest absolute Gasteiger partial charge is 0.346 e. The van der Waals surface area contributed by atoms with Gasteiger partial charge >= 0.3 is 5.97 Å². The second kappa shape index (κ2) is 4.26. The van der Waals surface area contributed by atoms with Gasteiger partial charge in [-0.25, -0.2) is 9.78 Å². The van der Waals surface area contributed by atoms with Gasteiger partial charge in [-0.1, -0.05) is 0 Å². The molecular formula is C12H15N3O3S. The van der Waals surface area contributed by atoms with Crippen LogP contribution in [0.2, 0.25) is 0 Å². The third kappa shape index (κ3) is 2.01. The molecule has 2 aliphatic heterocycles. The van der Waals surface area contributed by atoms with Gasteiger partial charge in [0.2, 0.25) is 5.95 Å². The highest BCUT2D eigenvalue weighted by molar-refractivity contribution is 7.99. The van der Waals surface area contributed by atoms with E-state index in [4.69, 9.17) is 4.74 Å². The van der Waals surface area contributed by atoms with E-state index >= 15 is 0 Å². The number of anilines is 1. The molecule has 3 heterocycles. The Balaban J connectivity index is 2.08. The number of aromatic amines is 1. The van der Waals surface area contributed by atoms with Crippen LogP contribution in [0.15, 0.2) is 4.79 Å². The van der Waals surface area contributed by atoms with E-state index in [-0.39, 0.29) is 5.56 Å². The number of aromatic nitrogens is 2. The van der Waals surface area contributed by atoms with Gasteiger partial charge in [-0.2, -0.15) is 11.8 Å². The predicted molar refractivity (Wildman–Crippen MR) is 72.8 cm³/mol. The van der Waals surface area contributed by atoms with E-state index in [1.165, 1.54) is 0 Å². The molecule has 0 aliphatic carbocycles. The number of hydrogen-bond donors (Lipinski definition) is 1. The summed E-state index contributed by atoms with van der Waals surface area (Å²) in [5.74, 6) is 1.98. The first-order chi connectivity index (χ1) is 8.99. The molecule has 2 aliphatic rings. The molecule has 1 N–H and O–H groups in total. The summed E-state index contributed by atoms with van der Waals surface area (Å²) in [5, 5.41) is 0. The van der Waals surface area contributed by atoms with Gasteiger partial charge in [-0.15, -0.1) is 0 Å². The molecule has 1 fully saturated rings. The molecule has 19 heavy (non-hydrogen) atoms. The summed E-state index contributed by atoms with van der Waals surface area (Å²) < 4.78 is 5.20. The third-order valence-corrected chi connectivity index (χ3v) is 4.28. The minimum absolute atomic E-state index is 0.0418. The molecule has 0 radical (unpaired) electrons. The van der Waals surface area contributed by atoms with Gasteiger partial charge < -0.3 is 9.64 Å². The highest BCUT2D eigenvalue weighted by Crippen LogP contribution is 2.33. The SMILES string of the molecule is CC1(C)OC(=O)c2c1nc(N1CCSCC1)[nH]c2=O. The standard InChI is InChI=1S/C12H15N3O3S/c1-12(2)8-7(10(17)18-12)9(16)14-11(13-8)15-3-5-19-6-4-15/h3-6H2,1-2H3,(H,13,14,16). The first-order valence-corrected chi connectivity index (χ1v) is 7.35. The lowest BCUT2D eigenvalue weighted by atomic mass is 10.0. The Kier molecular flexibility index (Phi) is 2.81. The van der Waals surface area contributed by atoms with Gasteiger partial charge in [0, 0.05) is 24.6 Å². The second-order valence-corrected chi connectivity index (χ2v) is 6.34. The lowest BCUT2D eigenvalue weighted by molar-refractivity contribution is 0.00830. The average molecular weight is 281 g/mol. The van der Waals surface area contributed by atoms with Gasteiger partial charge in [0.15, 0.2) is 5.56 Å². The zero-order valence-corrected chi connectivity index (χ0v) is 11.7. The number of cyclic esters (lactones) is 1. The van der Waals surface area contributed by atoms with E-state index in [1.54, 1.807) is 13.8 Å². The highest BCUT2D eigenvalue weighted by Gasteiger charge is 2.42. The summed E-state index contributed by atoms with van der Waals surface area (Å²) in [6, 6.07) is 0. The Morgan fingerprint density at radius 2 is 2.00 bits per heavy atom. The summed E-state index contributed by atoms with van der Waals surface area (Å²) in [6.07, 6.45) is 0. The number of hydrogen-bond acceptors (Lipinski definition) is 6. The van der Waals surface area contributed by atoms with Crippen molar-refractivity contribution < 1.29 is 9.53 Å². The first kappa shape index (κ1) is 12.5. The number of esters is 1. The van der Waals surface area contributed by atoms with Crippen molar-refractivity contribution in [2.75, 3.05) is 29.5 Å². The van der Waals surface area contributed by atoms with Gasteiger partial charge in [0.05, 0.1) is 0 Å². The van der Waals surface area contributed by atoms with Crippen molar-refractivity contribution in [2.45, 2.75) is 19.4 Å². The molecule has 6 nitrogen and oxygen atoms in total. The fourth-order valence-corrected chi connectivity index (χ4v) is 3.25. The van der Waals surface area contributed by atoms with Crippen molar-refractivity contribution in [3.8, 4) is 0 Å². The Labute approximate surface area is 114 Å². The van der Waals surface area contributed by atoms with Gasteiger partial charge in [0.1, 0.15) is 11.3 Å². The van der Waals surface area contributed by atoms with E-state index in [0.29, 0.717) is 11.6 Å². The average Bonchev–Trinajstić information content (AvgIpc) is 2.61. The van der Waals surface area contributed by atoms with Crippen LogP contribution in [-0.4, -0.2) is 40.5 Å². The number of carbonyl (C=O) groups is 1. The van der Waals surface area contributed by atoms with Crippen LogP contribution >= 0.6 is 11.8 Å². The molecule has 3 rings (SSSR count). The van der Waals surface area contributed by atoms with E-state index in [2.05, 4.69) is 9.97 Å². The largest absolute Gasteiger partial charge is 0.449 e. The molecule has 0 amide bonds. The molecule has 1 aromatic heterocycles. The van der Waals surface area contributed by atoms with Crippen molar-refractivity contribution in [3.63, 3.8) is 0 Å². The molecule has 0 spiro atoms. The Morgan fingerprint density at radius 3 is 2.68 bits per heavy atom. The highest BCUT2D eigenvalue weighted by atomic mass is 32.2. The second-order valence-electron chi connectivity index (χ2n) is 5.11. The maximum atomic E-state index is 12.0. The quantitative estimate of drug-likeness (QED) is 0.765. The minimum atomic E-state index is -0.833. The Morgan fingerprint density at radius 1 is 1.32 bits per heavy atom. The van der Waals surface area contributed by atoms with Crippen molar-refractivity contribution >= 4 is 23.7 Å². The zero-order valence-electron chi connectivity index (χ0n) is 10.9. The number of nitrogens with zero attached hydrogens (tertiary/aromatic N) is 2. The van der Waals surface area contributed by atoms with E-state index in [0.717, 1.165) is 24.6 Å². The fraction of sp³-hybridized carbons (Fsp3) is 0.583. The van der Waals surface area contributed by atoms with Crippen LogP contribution in [0.5, 0.6) is 0 Å². The summed E-state index contributed by atoms with van der Waals surface area (Å²) in [6.45, 7) is 5.20. The molecule has 1 saturated heterocycles. The maximum Gasteiger partial charge on any atom is 0.346 e. The van der Waals surface area contributed by atoms with Crippen LogP contribution in [0.25, 0.3) is 0 Å². The molecule has 0 saturated carbocycles. The number of H-pyrrole nitrogens is 1. The predicted octanol–water partition coefficient (Wildman–Crippen LogP) is 0.729. The van der Waals surface area contributed by atoms with Crippen molar-refractivity contribution in [3.05, 3.63) is 21.6 Å². The topological polar surface area (TPSA) is 75.3 Å². The Hall–Kier alpha value is -1.50. The van der Waals surface area contributed by atoms with E-state index in [1.807, 2.05) is 16.7 Å². The van der Waals surface area contributed by atoms with E-state index in [9.17, 15) is 9.59 Å². The summed E-state index contributed by atoms with van der Waals surface area (Å²) >= 11 is 1.88. The molecular weight excluding hydrogens is 266 g/mol. The molecule has 0 atom stereocenters. The first-order valence-electron chi connectivity index (χ1n) is 6.20. The van der Waals surface area contributed by atoms with Crippen molar-refractivity contribution in [1.82, 2.24) is 9.97 Å². The van der Waals surface area contributed by atoms with E-state index < -0.39 is 17.1 Å². The maximum absolute atomic E-state index is 12.0. The number of thioether (sulfide) groups is 1. The monoisotopic (exact) mass is 281 g/mol. The molecule has 0 aromatic carbocycles. The summed E-state index contributed by atoms with van der Waals surface area (Å²) in [5.41, 5.74) is -0.761. The van der Waals surface area contributed by atoms with Crippen LogP contribution in [0.3, 0.4) is 0 Å². The van der Waals surface area contributed by atoms with Crippen LogP contribution in [0, 0.1) is 0 Å². The molecule has 0 unspecified atom stereocenters. The minimum Gasteiger partial charge on any atom is -0.449 e. The van der Waals surface area contributed by atoms with Gasteiger partial charge in [0.25, 0.3) is 5.56 Å². The third-order valence-electron chi connectivity index (χ3n) is 3.34. The van der Waals surface area contributed by atoms with Crippen LogP contribution in [0.4, 0.5) is 5.95 Å². The summed E-state index contributed by atoms with van der Waals surface area (Å²) in [7, 11) is 0. The molecule has 0 bridgehead atoms. The van der Waals surface area contributed by atoms with Gasteiger partial charge in [-0.05, 0) is 13.8 Å². The number of carbonyl (C=O) groups excluding carboxylic acids is 1. The molecule has 7 heteroatoms. The van der Waals surface area contributed by atoms with Crippen molar-refractivity contribution in [1.29, 1.82) is 0 Å². The van der Waals surface area contributed by atoms with Gasteiger partial charge in [-0.3, -0.25) is 9.78 Å². The lowest BCUT2D eigenvalue weighted by Crippen LogP contribution is -2.36. The molecule has 1 aromatic rings. The number of fused-ring (bicyclic) bond motifs is 1. The number of rotatable bonds is 1. The molecule has 102 valence electrons. The number of nitrogens with one attached hydrogen (secondary N) is 1. The van der Waals surface area contributed by atoms with Crippen molar-refractivity contribution in [2.24, 2.45) is 0 Å². The summed E-state index contributed by atoms with van der Waals surface area (Å²) in [4.78, 5) is 32.9. The lowest BCUT2D eigenvalue weighted by Gasteiger charge is -2.27. The Bertz CT molecular complexity index is 590. The fourth-order valence-electron chi connectivity index (χ4n) is 2.34. The number of ether oxygens (including phenoxy) is 1. The van der Waals surface area contributed by atoms with Crippen LogP contribution < -0.4 is 10.5 Å².